The maximum Gasteiger partial charge on any atom is 0.335 e. The number of pyridine rings is 1. The molecule has 148 valence electrons. The Balaban J connectivity index is 1.65. The van der Waals surface area contributed by atoms with E-state index in [0.29, 0.717) is 5.92 Å². The molecule has 5 nitrogen and oxygen atoms in total. The molecular weight excluding hydrogens is 352 g/mol. The lowest BCUT2D eigenvalue weighted by molar-refractivity contribution is -0.140. The van der Waals surface area contributed by atoms with E-state index in [0.717, 1.165) is 43.6 Å². The summed E-state index contributed by atoms with van der Waals surface area (Å²) in [6.07, 6.45) is 4.75. The van der Waals surface area contributed by atoms with E-state index in [1.54, 1.807) is 24.4 Å². The van der Waals surface area contributed by atoms with E-state index in [1.807, 2.05) is 43.9 Å². The van der Waals surface area contributed by atoms with Crippen LogP contribution in [0.25, 0.3) is 11.3 Å². The standard InChI is InChI=1S/C23H28N2O3/c1-23(2,3)22(28)25-11-8-16(9-12-25)13-17-7-10-24-20(14-17)18-5-4-6-19(15-18)21(26)27/h4-7,10,14-16H,8-9,11-13H2,1-3H3,(H,26,27). The SMILES string of the molecule is CC(C)(C)C(=O)N1CCC(Cc2ccnc(-c3cccc(C(=O)O)c3)c2)CC1. The molecule has 2 heterocycles. The predicted molar refractivity (Wildman–Crippen MR) is 109 cm³/mol. The predicted octanol–water partition coefficient (Wildman–Crippen LogP) is 4.27. The zero-order valence-corrected chi connectivity index (χ0v) is 16.8. The lowest BCUT2D eigenvalue weighted by Crippen LogP contribution is -2.44. The average Bonchev–Trinajstić information content (AvgIpc) is 2.67. The molecule has 0 aliphatic carbocycles. The van der Waals surface area contributed by atoms with E-state index in [1.165, 1.54) is 5.56 Å². The number of carbonyl (C=O) groups excluding carboxylic acids is 1. The van der Waals surface area contributed by atoms with E-state index in [-0.39, 0.29) is 16.9 Å². The Labute approximate surface area is 166 Å². The zero-order valence-electron chi connectivity index (χ0n) is 16.8. The second-order valence-electron chi connectivity index (χ2n) is 8.62. The number of hydrogen-bond donors (Lipinski definition) is 1. The van der Waals surface area contributed by atoms with Gasteiger partial charge in [-0.2, -0.15) is 0 Å². The normalized spacial score (nSPS) is 15.5. The maximum absolute atomic E-state index is 12.4. The van der Waals surface area contributed by atoms with E-state index in [2.05, 4.69) is 4.98 Å². The number of hydrogen-bond acceptors (Lipinski definition) is 3. The van der Waals surface area contributed by atoms with Crippen LogP contribution < -0.4 is 0 Å². The topological polar surface area (TPSA) is 70.5 Å². The van der Waals surface area contributed by atoms with Crippen LogP contribution in [-0.2, 0) is 11.2 Å². The Morgan fingerprint density at radius 1 is 1.14 bits per heavy atom. The minimum absolute atomic E-state index is 0.232. The minimum Gasteiger partial charge on any atom is -0.478 e. The summed E-state index contributed by atoms with van der Waals surface area (Å²) in [6.45, 7) is 7.55. The Morgan fingerprint density at radius 3 is 2.50 bits per heavy atom. The summed E-state index contributed by atoms with van der Waals surface area (Å²) in [6, 6.07) is 10.9. The first-order chi connectivity index (χ1) is 13.2. The third-order valence-electron chi connectivity index (χ3n) is 5.30. The quantitative estimate of drug-likeness (QED) is 0.860. The smallest absolute Gasteiger partial charge is 0.335 e. The highest BCUT2D eigenvalue weighted by Gasteiger charge is 2.30. The van der Waals surface area contributed by atoms with Crippen LogP contribution >= 0.6 is 0 Å². The van der Waals surface area contributed by atoms with Crippen molar-refractivity contribution in [2.24, 2.45) is 11.3 Å². The molecule has 1 aromatic heterocycles. The van der Waals surface area contributed by atoms with Crippen LogP contribution in [0.2, 0.25) is 0 Å². The van der Waals surface area contributed by atoms with Crippen molar-refractivity contribution in [3.05, 3.63) is 53.7 Å². The number of carboxylic acid groups (broad SMARTS) is 1. The van der Waals surface area contributed by atoms with Gasteiger partial charge in [0.1, 0.15) is 0 Å². The Hall–Kier alpha value is -2.69. The average molecular weight is 380 g/mol. The van der Waals surface area contributed by atoms with Crippen molar-refractivity contribution in [2.45, 2.75) is 40.0 Å². The highest BCUT2D eigenvalue weighted by atomic mass is 16.4. The number of benzene rings is 1. The van der Waals surface area contributed by atoms with Crippen molar-refractivity contribution in [3.63, 3.8) is 0 Å². The number of likely N-dealkylation sites (tertiary alicyclic amines) is 1. The van der Waals surface area contributed by atoms with Gasteiger partial charge in [0, 0.05) is 30.3 Å². The molecule has 5 heteroatoms. The number of rotatable bonds is 4. The van der Waals surface area contributed by atoms with Crippen LogP contribution in [0.15, 0.2) is 42.6 Å². The van der Waals surface area contributed by atoms with E-state index < -0.39 is 5.97 Å². The summed E-state index contributed by atoms with van der Waals surface area (Å²) in [5.41, 5.74) is 2.75. The van der Waals surface area contributed by atoms with E-state index in [9.17, 15) is 14.7 Å². The molecule has 1 aromatic carbocycles. The fraction of sp³-hybridized carbons (Fsp3) is 0.435. The second kappa shape index (κ2) is 8.13. The number of carboxylic acids is 1. The molecule has 0 unspecified atom stereocenters. The van der Waals surface area contributed by atoms with Gasteiger partial charge in [-0.1, -0.05) is 32.9 Å². The molecule has 28 heavy (non-hydrogen) atoms. The number of carbonyl (C=O) groups is 2. The molecule has 0 bridgehead atoms. The molecule has 1 amide bonds. The van der Waals surface area contributed by atoms with Gasteiger partial charge >= 0.3 is 5.97 Å². The monoisotopic (exact) mass is 380 g/mol. The van der Waals surface area contributed by atoms with Crippen molar-refractivity contribution in [1.29, 1.82) is 0 Å². The van der Waals surface area contributed by atoms with Crippen LogP contribution in [0, 0.1) is 11.3 Å². The molecule has 0 saturated carbocycles. The molecule has 1 aliphatic heterocycles. The van der Waals surface area contributed by atoms with Crippen molar-refractivity contribution >= 4 is 11.9 Å². The van der Waals surface area contributed by atoms with Gasteiger partial charge in [-0.25, -0.2) is 4.79 Å². The lowest BCUT2D eigenvalue weighted by Gasteiger charge is -2.35. The van der Waals surface area contributed by atoms with Gasteiger partial charge in [0.25, 0.3) is 0 Å². The third kappa shape index (κ3) is 4.77. The first-order valence-electron chi connectivity index (χ1n) is 9.82. The molecule has 1 aliphatic rings. The molecular formula is C23H28N2O3. The van der Waals surface area contributed by atoms with E-state index >= 15 is 0 Å². The van der Waals surface area contributed by atoms with Crippen molar-refractivity contribution in [1.82, 2.24) is 9.88 Å². The van der Waals surface area contributed by atoms with Crippen molar-refractivity contribution in [2.75, 3.05) is 13.1 Å². The van der Waals surface area contributed by atoms with Gasteiger partial charge in [-0.05, 0) is 55.0 Å². The molecule has 1 N–H and O–H groups in total. The van der Waals surface area contributed by atoms with Gasteiger partial charge in [0.15, 0.2) is 0 Å². The van der Waals surface area contributed by atoms with Crippen LogP contribution in [-0.4, -0.2) is 40.0 Å². The Bertz CT molecular complexity index is 862. The number of amides is 1. The van der Waals surface area contributed by atoms with Gasteiger partial charge in [0.05, 0.1) is 11.3 Å². The zero-order chi connectivity index (χ0) is 20.3. The van der Waals surface area contributed by atoms with Gasteiger partial charge in [-0.3, -0.25) is 9.78 Å². The first-order valence-corrected chi connectivity index (χ1v) is 9.82. The molecule has 0 atom stereocenters. The molecule has 0 spiro atoms. The molecule has 1 saturated heterocycles. The number of piperidine rings is 1. The van der Waals surface area contributed by atoms with E-state index in [4.69, 9.17) is 0 Å². The van der Waals surface area contributed by atoms with Gasteiger partial charge in [-0.15, -0.1) is 0 Å². The van der Waals surface area contributed by atoms with Crippen LogP contribution in [0.1, 0.15) is 49.5 Å². The summed E-state index contributed by atoms with van der Waals surface area (Å²) in [5, 5.41) is 9.19. The largest absolute Gasteiger partial charge is 0.478 e. The summed E-state index contributed by atoms with van der Waals surface area (Å²) >= 11 is 0. The summed E-state index contributed by atoms with van der Waals surface area (Å²) in [5.74, 6) is -0.158. The number of nitrogens with zero attached hydrogens (tertiary/aromatic N) is 2. The minimum atomic E-state index is -0.936. The third-order valence-corrected chi connectivity index (χ3v) is 5.30. The Kier molecular flexibility index (Phi) is 5.82. The van der Waals surface area contributed by atoms with Crippen molar-refractivity contribution in [3.8, 4) is 11.3 Å². The highest BCUT2D eigenvalue weighted by molar-refractivity contribution is 5.89. The van der Waals surface area contributed by atoms with Crippen LogP contribution in [0.4, 0.5) is 0 Å². The molecule has 1 fully saturated rings. The van der Waals surface area contributed by atoms with Gasteiger partial charge in [0.2, 0.25) is 5.91 Å². The van der Waals surface area contributed by atoms with Crippen LogP contribution in [0.3, 0.4) is 0 Å². The molecule has 3 rings (SSSR count). The molecule has 0 radical (unpaired) electrons. The Morgan fingerprint density at radius 2 is 1.86 bits per heavy atom. The second-order valence-corrected chi connectivity index (χ2v) is 8.62. The molecule has 2 aromatic rings. The maximum atomic E-state index is 12.4. The fourth-order valence-corrected chi connectivity index (χ4v) is 3.72. The number of aromatic carboxylic acids is 1. The number of aromatic nitrogens is 1. The first kappa shape index (κ1) is 20.1. The fourth-order valence-electron chi connectivity index (χ4n) is 3.72. The van der Waals surface area contributed by atoms with Crippen LogP contribution in [0.5, 0.6) is 0 Å². The highest BCUT2D eigenvalue weighted by Crippen LogP contribution is 2.27. The summed E-state index contributed by atoms with van der Waals surface area (Å²) in [7, 11) is 0. The van der Waals surface area contributed by atoms with Crippen molar-refractivity contribution < 1.29 is 14.7 Å². The van der Waals surface area contributed by atoms with Gasteiger partial charge < -0.3 is 10.0 Å². The lowest BCUT2D eigenvalue weighted by atomic mass is 9.88. The summed E-state index contributed by atoms with van der Waals surface area (Å²) < 4.78 is 0. The summed E-state index contributed by atoms with van der Waals surface area (Å²) in [4.78, 5) is 30.1.